The van der Waals surface area contributed by atoms with Gasteiger partial charge in [0, 0.05) is 19.8 Å². The van der Waals surface area contributed by atoms with Crippen molar-refractivity contribution in [3.8, 4) is 0 Å². The molecule has 0 aromatic carbocycles. The second-order valence-electron chi connectivity index (χ2n) is 6.35. The van der Waals surface area contributed by atoms with Gasteiger partial charge in [-0.3, -0.25) is 0 Å². The molecule has 1 heterocycles. The Kier molecular flexibility index (Phi) is 6.93. The fourth-order valence-electron chi connectivity index (χ4n) is 4.04. The standard InChI is InChI=1S/C17H33NO3/c1-4-18-15(16(19-5-2)20-6-3)14-9-12-21-17(13-14)10-7-8-11-17/h14-16,18H,4-13H2,1-3H3. The monoisotopic (exact) mass is 299 g/mol. The molecule has 0 radical (unpaired) electrons. The first-order valence-corrected chi connectivity index (χ1v) is 8.85. The van der Waals surface area contributed by atoms with E-state index in [0.29, 0.717) is 19.1 Å². The van der Waals surface area contributed by atoms with E-state index in [1.807, 2.05) is 13.8 Å². The number of likely N-dealkylation sites (N-methyl/N-ethyl adjacent to an activating group) is 1. The summed E-state index contributed by atoms with van der Waals surface area (Å²) in [7, 11) is 0. The van der Waals surface area contributed by atoms with Crippen molar-refractivity contribution in [2.24, 2.45) is 5.92 Å². The van der Waals surface area contributed by atoms with Crippen LogP contribution in [0.25, 0.3) is 0 Å². The average molecular weight is 299 g/mol. The topological polar surface area (TPSA) is 39.7 Å². The molecule has 4 heteroatoms. The van der Waals surface area contributed by atoms with Crippen LogP contribution in [-0.2, 0) is 14.2 Å². The molecule has 1 saturated heterocycles. The van der Waals surface area contributed by atoms with Gasteiger partial charge in [0.15, 0.2) is 6.29 Å². The number of ether oxygens (including phenoxy) is 3. The molecule has 0 aromatic rings. The minimum absolute atomic E-state index is 0.137. The van der Waals surface area contributed by atoms with Gasteiger partial charge in [-0.15, -0.1) is 0 Å². The summed E-state index contributed by atoms with van der Waals surface area (Å²) in [4.78, 5) is 0. The molecule has 1 aliphatic carbocycles. The van der Waals surface area contributed by atoms with E-state index in [4.69, 9.17) is 14.2 Å². The lowest BCUT2D eigenvalue weighted by Gasteiger charge is -2.43. The molecule has 4 nitrogen and oxygen atoms in total. The third kappa shape index (κ3) is 4.41. The van der Waals surface area contributed by atoms with Crippen LogP contribution in [0.15, 0.2) is 0 Å². The number of nitrogens with one attached hydrogen (secondary N) is 1. The van der Waals surface area contributed by atoms with E-state index >= 15 is 0 Å². The molecule has 2 atom stereocenters. The molecule has 2 rings (SSSR count). The van der Waals surface area contributed by atoms with Crippen LogP contribution in [0, 0.1) is 5.92 Å². The lowest BCUT2D eigenvalue weighted by atomic mass is 9.80. The van der Waals surface area contributed by atoms with Crippen molar-refractivity contribution in [2.75, 3.05) is 26.4 Å². The normalized spacial score (nSPS) is 26.6. The van der Waals surface area contributed by atoms with Gasteiger partial charge in [-0.1, -0.05) is 19.8 Å². The van der Waals surface area contributed by atoms with Crippen LogP contribution < -0.4 is 5.32 Å². The summed E-state index contributed by atoms with van der Waals surface area (Å²) in [5.74, 6) is 0.583. The van der Waals surface area contributed by atoms with Crippen molar-refractivity contribution < 1.29 is 14.2 Å². The molecule has 1 N–H and O–H groups in total. The second kappa shape index (κ2) is 8.47. The van der Waals surface area contributed by atoms with Gasteiger partial charge >= 0.3 is 0 Å². The van der Waals surface area contributed by atoms with E-state index in [0.717, 1.165) is 26.0 Å². The highest BCUT2D eigenvalue weighted by Gasteiger charge is 2.43. The van der Waals surface area contributed by atoms with Gasteiger partial charge in [0.1, 0.15) is 0 Å². The van der Waals surface area contributed by atoms with Crippen LogP contribution in [0.2, 0.25) is 0 Å². The Morgan fingerprint density at radius 3 is 2.38 bits per heavy atom. The third-order valence-electron chi connectivity index (χ3n) is 4.95. The van der Waals surface area contributed by atoms with E-state index < -0.39 is 0 Å². The number of hydrogen-bond donors (Lipinski definition) is 1. The van der Waals surface area contributed by atoms with E-state index in [1.54, 1.807) is 0 Å². The molecule has 1 spiro atoms. The molecule has 1 aliphatic heterocycles. The van der Waals surface area contributed by atoms with E-state index in [9.17, 15) is 0 Å². The van der Waals surface area contributed by atoms with E-state index in [-0.39, 0.29) is 17.9 Å². The maximum atomic E-state index is 6.18. The summed E-state index contributed by atoms with van der Waals surface area (Å²) >= 11 is 0. The average Bonchev–Trinajstić information content (AvgIpc) is 2.92. The van der Waals surface area contributed by atoms with Gasteiger partial charge in [0.05, 0.1) is 11.6 Å². The quantitative estimate of drug-likeness (QED) is 0.699. The smallest absolute Gasteiger partial charge is 0.172 e. The predicted molar refractivity (Wildman–Crippen MR) is 84.4 cm³/mol. The van der Waals surface area contributed by atoms with Gasteiger partial charge < -0.3 is 19.5 Å². The van der Waals surface area contributed by atoms with Crippen molar-refractivity contribution in [1.29, 1.82) is 0 Å². The first-order valence-electron chi connectivity index (χ1n) is 8.85. The van der Waals surface area contributed by atoms with E-state index in [1.165, 1.54) is 25.7 Å². The second-order valence-corrected chi connectivity index (χ2v) is 6.35. The molecule has 2 unspecified atom stereocenters. The molecular weight excluding hydrogens is 266 g/mol. The molecule has 124 valence electrons. The van der Waals surface area contributed by atoms with Crippen LogP contribution in [0.4, 0.5) is 0 Å². The number of rotatable bonds is 8. The van der Waals surface area contributed by atoms with Gasteiger partial charge in [-0.05, 0) is 52.0 Å². The highest BCUT2D eigenvalue weighted by molar-refractivity contribution is 4.95. The van der Waals surface area contributed by atoms with Crippen LogP contribution in [-0.4, -0.2) is 44.3 Å². The summed E-state index contributed by atoms with van der Waals surface area (Å²) in [5.41, 5.74) is 0.152. The first-order chi connectivity index (χ1) is 10.2. The molecule has 0 aromatic heterocycles. The molecule has 2 aliphatic rings. The zero-order valence-corrected chi connectivity index (χ0v) is 14.0. The zero-order valence-electron chi connectivity index (χ0n) is 14.0. The van der Waals surface area contributed by atoms with Gasteiger partial charge in [0.2, 0.25) is 0 Å². The molecule has 0 amide bonds. The minimum Gasteiger partial charge on any atom is -0.375 e. The summed E-state index contributed by atoms with van der Waals surface area (Å²) in [5, 5.41) is 3.62. The van der Waals surface area contributed by atoms with Crippen molar-refractivity contribution in [3.63, 3.8) is 0 Å². The van der Waals surface area contributed by atoms with Crippen molar-refractivity contribution in [1.82, 2.24) is 5.32 Å². The number of hydrogen-bond acceptors (Lipinski definition) is 4. The minimum atomic E-state index is -0.137. The maximum absolute atomic E-state index is 6.18. The van der Waals surface area contributed by atoms with Gasteiger partial charge in [0.25, 0.3) is 0 Å². The van der Waals surface area contributed by atoms with Crippen LogP contribution in [0.1, 0.15) is 59.3 Å². The summed E-state index contributed by atoms with van der Waals surface area (Å²) in [6, 6.07) is 0.274. The summed E-state index contributed by atoms with van der Waals surface area (Å²) in [6.07, 6.45) is 7.23. The third-order valence-corrected chi connectivity index (χ3v) is 4.95. The Labute approximate surface area is 129 Å². The van der Waals surface area contributed by atoms with Crippen molar-refractivity contribution in [3.05, 3.63) is 0 Å². The largest absolute Gasteiger partial charge is 0.375 e. The fraction of sp³-hybridized carbons (Fsp3) is 1.00. The van der Waals surface area contributed by atoms with Crippen LogP contribution in [0.3, 0.4) is 0 Å². The highest BCUT2D eigenvalue weighted by Crippen LogP contribution is 2.43. The van der Waals surface area contributed by atoms with Crippen LogP contribution >= 0.6 is 0 Å². The SMILES string of the molecule is CCNC(C1CCOC2(CCCC2)C1)C(OCC)OCC. The Hall–Kier alpha value is -0.160. The zero-order chi connectivity index (χ0) is 15.1. The molecule has 1 saturated carbocycles. The van der Waals surface area contributed by atoms with E-state index in [2.05, 4.69) is 12.2 Å². The highest BCUT2D eigenvalue weighted by atomic mass is 16.7. The fourth-order valence-corrected chi connectivity index (χ4v) is 4.04. The Balaban J connectivity index is 2.04. The maximum Gasteiger partial charge on any atom is 0.172 e. The van der Waals surface area contributed by atoms with Crippen molar-refractivity contribution in [2.45, 2.75) is 77.2 Å². The Bertz CT molecular complexity index is 286. The van der Waals surface area contributed by atoms with Crippen molar-refractivity contribution >= 4 is 0 Å². The van der Waals surface area contributed by atoms with Gasteiger partial charge in [-0.25, -0.2) is 0 Å². The molecular formula is C17H33NO3. The molecule has 21 heavy (non-hydrogen) atoms. The molecule has 0 bridgehead atoms. The lowest BCUT2D eigenvalue weighted by molar-refractivity contribution is -0.178. The summed E-state index contributed by atoms with van der Waals surface area (Å²) < 4.78 is 17.9. The lowest BCUT2D eigenvalue weighted by Crippen LogP contribution is -2.52. The first kappa shape index (κ1) is 17.2. The molecule has 2 fully saturated rings. The predicted octanol–water partition coefficient (Wildman–Crippen LogP) is 3.10. The Morgan fingerprint density at radius 2 is 1.81 bits per heavy atom. The van der Waals surface area contributed by atoms with Gasteiger partial charge in [-0.2, -0.15) is 0 Å². The Morgan fingerprint density at radius 1 is 1.14 bits per heavy atom. The van der Waals surface area contributed by atoms with Crippen LogP contribution in [0.5, 0.6) is 0 Å². The summed E-state index contributed by atoms with van der Waals surface area (Å²) in [6.45, 7) is 9.46.